The zero-order valence-corrected chi connectivity index (χ0v) is 14.4. The zero-order chi connectivity index (χ0) is 17.2. The van der Waals surface area contributed by atoms with Crippen molar-refractivity contribution in [1.82, 2.24) is 0 Å². The molecule has 130 valence electrons. The highest BCUT2D eigenvalue weighted by atomic mass is 16.4. The van der Waals surface area contributed by atoms with Gasteiger partial charge in [0.25, 0.3) is 0 Å². The third kappa shape index (κ3) is 16.6. The maximum Gasteiger partial charge on any atom is 0.332 e. The van der Waals surface area contributed by atoms with Gasteiger partial charge in [0.05, 0.1) is 0 Å². The molecule has 0 saturated carbocycles. The SMILES string of the molecule is CCCCC/C=C/CC/C=C/C=C/C=C/CCCC(O)C(=O)O. The molecule has 0 aliphatic rings. The van der Waals surface area contributed by atoms with E-state index in [0.29, 0.717) is 12.8 Å². The molecule has 0 spiro atoms. The first-order valence-electron chi connectivity index (χ1n) is 8.72. The van der Waals surface area contributed by atoms with Gasteiger partial charge in [-0.25, -0.2) is 4.79 Å². The van der Waals surface area contributed by atoms with Gasteiger partial charge in [-0.05, 0) is 44.9 Å². The average Bonchev–Trinajstić information content (AvgIpc) is 2.54. The normalized spacial score (nSPS) is 13.8. The van der Waals surface area contributed by atoms with E-state index in [2.05, 4.69) is 25.2 Å². The summed E-state index contributed by atoms with van der Waals surface area (Å²) in [6.45, 7) is 2.22. The van der Waals surface area contributed by atoms with E-state index in [1.54, 1.807) is 0 Å². The first-order chi connectivity index (χ1) is 11.2. The van der Waals surface area contributed by atoms with Crippen LogP contribution in [-0.4, -0.2) is 22.3 Å². The Balaban J connectivity index is 3.51. The molecular weight excluding hydrogens is 288 g/mol. The van der Waals surface area contributed by atoms with Crippen molar-refractivity contribution in [3.8, 4) is 0 Å². The number of allylic oxidation sites excluding steroid dienone is 8. The maximum atomic E-state index is 10.4. The Bertz CT molecular complexity index is 392. The number of rotatable bonds is 14. The van der Waals surface area contributed by atoms with Crippen LogP contribution < -0.4 is 0 Å². The number of aliphatic hydroxyl groups excluding tert-OH is 1. The second kappa shape index (κ2) is 16.8. The summed E-state index contributed by atoms with van der Waals surface area (Å²) < 4.78 is 0. The lowest BCUT2D eigenvalue weighted by Gasteiger charge is -2.01. The predicted molar refractivity (Wildman–Crippen MR) is 97.4 cm³/mol. The molecule has 0 rings (SSSR count). The maximum absolute atomic E-state index is 10.4. The Hall–Kier alpha value is -1.61. The fourth-order valence-corrected chi connectivity index (χ4v) is 1.97. The summed E-state index contributed by atoms with van der Waals surface area (Å²) in [6, 6.07) is 0. The molecule has 1 atom stereocenters. The van der Waals surface area contributed by atoms with Crippen LogP contribution in [0.4, 0.5) is 0 Å². The van der Waals surface area contributed by atoms with Crippen molar-refractivity contribution in [3.05, 3.63) is 48.6 Å². The summed E-state index contributed by atoms with van der Waals surface area (Å²) in [5.74, 6) is -1.14. The van der Waals surface area contributed by atoms with Gasteiger partial charge in [-0.15, -0.1) is 0 Å². The molecule has 0 fully saturated rings. The van der Waals surface area contributed by atoms with Crippen molar-refractivity contribution in [2.24, 2.45) is 0 Å². The number of aliphatic hydroxyl groups is 1. The Labute approximate surface area is 141 Å². The van der Waals surface area contributed by atoms with Crippen molar-refractivity contribution < 1.29 is 15.0 Å². The van der Waals surface area contributed by atoms with E-state index in [1.807, 2.05) is 30.4 Å². The van der Waals surface area contributed by atoms with Gasteiger partial charge in [0, 0.05) is 0 Å². The number of aliphatic carboxylic acids is 1. The monoisotopic (exact) mass is 320 g/mol. The van der Waals surface area contributed by atoms with Crippen molar-refractivity contribution in [1.29, 1.82) is 0 Å². The first-order valence-corrected chi connectivity index (χ1v) is 8.72. The van der Waals surface area contributed by atoms with Crippen LogP contribution in [0.15, 0.2) is 48.6 Å². The van der Waals surface area contributed by atoms with Crippen molar-refractivity contribution >= 4 is 5.97 Å². The van der Waals surface area contributed by atoms with Gasteiger partial charge in [-0.1, -0.05) is 68.4 Å². The minimum absolute atomic E-state index is 0.301. The molecule has 0 heterocycles. The van der Waals surface area contributed by atoms with Crippen LogP contribution in [0, 0.1) is 0 Å². The van der Waals surface area contributed by atoms with Crippen LogP contribution in [-0.2, 0) is 4.79 Å². The molecule has 0 radical (unpaired) electrons. The summed E-state index contributed by atoms with van der Waals surface area (Å²) in [6.07, 6.45) is 24.4. The molecule has 0 bridgehead atoms. The Morgan fingerprint density at radius 1 is 0.826 bits per heavy atom. The Morgan fingerprint density at radius 3 is 2.04 bits per heavy atom. The smallest absolute Gasteiger partial charge is 0.332 e. The molecule has 0 amide bonds. The fraction of sp³-hybridized carbons (Fsp3) is 0.550. The third-order valence-corrected chi connectivity index (χ3v) is 3.38. The number of hydrogen-bond donors (Lipinski definition) is 2. The summed E-state index contributed by atoms with van der Waals surface area (Å²) >= 11 is 0. The zero-order valence-electron chi connectivity index (χ0n) is 14.4. The van der Waals surface area contributed by atoms with E-state index in [9.17, 15) is 4.79 Å². The lowest BCUT2D eigenvalue weighted by molar-refractivity contribution is -0.146. The lowest BCUT2D eigenvalue weighted by atomic mass is 10.1. The van der Waals surface area contributed by atoms with Crippen LogP contribution in [0.25, 0.3) is 0 Å². The molecule has 3 heteroatoms. The molecule has 0 saturated heterocycles. The number of hydrogen-bond acceptors (Lipinski definition) is 2. The standard InChI is InChI=1S/C20H32O3/c1-2-3-4-5-6-7-8-9-10-11-12-13-14-15-16-17-18-19(21)20(22)23/h6-7,10-15,19,21H,2-5,8-9,16-18H2,1H3,(H,22,23)/b7-6+,11-10+,13-12+,15-14+. The molecule has 3 nitrogen and oxygen atoms in total. The molecule has 0 aromatic rings. The Kier molecular flexibility index (Phi) is 15.6. The average molecular weight is 320 g/mol. The second-order valence-electron chi connectivity index (χ2n) is 5.57. The molecule has 23 heavy (non-hydrogen) atoms. The molecule has 0 aliphatic heterocycles. The van der Waals surface area contributed by atoms with E-state index in [4.69, 9.17) is 10.2 Å². The highest BCUT2D eigenvalue weighted by Crippen LogP contribution is 2.03. The van der Waals surface area contributed by atoms with Gasteiger partial charge in [-0.2, -0.15) is 0 Å². The largest absolute Gasteiger partial charge is 0.479 e. The second-order valence-corrected chi connectivity index (χ2v) is 5.57. The van der Waals surface area contributed by atoms with Crippen molar-refractivity contribution in [3.63, 3.8) is 0 Å². The first kappa shape index (κ1) is 21.4. The highest BCUT2D eigenvalue weighted by molar-refractivity contribution is 5.71. The topological polar surface area (TPSA) is 57.5 Å². The van der Waals surface area contributed by atoms with E-state index in [-0.39, 0.29) is 0 Å². The van der Waals surface area contributed by atoms with E-state index >= 15 is 0 Å². The van der Waals surface area contributed by atoms with Gasteiger partial charge in [0.2, 0.25) is 0 Å². The molecule has 1 unspecified atom stereocenters. The Morgan fingerprint density at radius 2 is 1.39 bits per heavy atom. The molecule has 0 aliphatic carbocycles. The molecule has 0 aromatic carbocycles. The molecule has 0 aromatic heterocycles. The number of carboxylic acids is 1. The third-order valence-electron chi connectivity index (χ3n) is 3.38. The van der Waals surface area contributed by atoms with Crippen LogP contribution in [0.1, 0.15) is 64.7 Å². The predicted octanol–water partition coefficient (Wildman–Crippen LogP) is 5.19. The number of carboxylic acid groups (broad SMARTS) is 1. The molecule has 2 N–H and O–H groups in total. The van der Waals surface area contributed by atoms with Gasteiger partial charge < -0.3 is 10.2 Å². The van der Waals surface area contributed by atoms with E-state index < -0.39 is 12.1 Å². The summed E-state index contributed by atoms with van der Waals surface area (Å²) in [7, 11) is 0. The summed E-state index contributed by atoms with van der Waals surface area (Å²) in [4.78, 5) is 10.4. The van der Waals surface area contributed by atoms with Crippen LogP contribution in [0.5, 0.6) is 0 Å². The summed E-state index contributed by atoms with van der Waals surface area (Å²) in [5, 5.41) is 17.6. The van der Waals surface area contributed by atoms with E-state index in [0.717, 1.165) is 19.3 Å². The van der Waals surface area contributed by atoms with Crippen molar-refractivity contribution in [2.45, 2.75) is 70.8 Å². The van der Waals surface area contributed by atoms with Crippen molar-refractivity contribution in [2.75, 3.05) is 0 Å². The van der Waals surface area contributed by atoms with Crippen LogP contribution >= 0.6 is 0 Å². The van der Waals surface area contributed by atoms with Gasteiger partial charge >= 0.3 is 5.97 Å². The fourth-order valence-electron chi connectivity index (χ4n) is 1.97. The van der Waals surface area contributed by atoms with Gasteiger partial charge in [0.15, 0.2) is 6.10 Å². The molecular formula is C20H32O3. The highest BCUT2D eigenvalue weighted by Gasteiger charge is 2.10. The lowest BCUT2D eigenvalue weighted by Crippen LogP contribution is -2.18. The van der Waals surface area contributed by atoms with E-state index in [1.165, 1.54) is 25.7 Å². The van der Waals surface area contributed by atoms with Gasteiger partial charge in [0.1, 0.15) is 0 Å². The number of carbonyl (C=O) groups is 1. The minimum Gasteiger partial charge on any atom is -0.479 e. The van der Waals surface area contributed by atoms with Crippen LogP contribution in [0.3, 0.4) is 0 Å². The van der Waals surface area contributed by atoms with Gasteiger partial charge in [-0.3, -0.25) is 0 Å². The quantitative estimate of drug-likeness (QED) is 0.263. The van der Waals surface area contributed by atoms with Crippen LogP contribution in [0.2, 0.25) is 0 Å². The minimum atomic E-state index is -1.23. The summed E-state index contributed by atoms with van der Waals surface area (Å²) in [5.41, 5.74) is 0. The number of unbranched alkanes of at least 4 members (excludes halogenated alkanes) is 5.